The van der Waals surface area contributed by atoms with Crippen LogP contribution in [0.2, 0.25) is 0 Å². The molecule has 9 nitrogen and oxygen atoms in total. The molecule has 1 aromatic carbocycles. The third-order valence-corrected chi connectivity index (χ3v) is 4.95. The number of H-pyrrole nitrogens is 1. The van der Waals surface area contributed by atoms with Crippen LogP contribution in [0.1, 0.15) is 31.5 Å². The fraction of sp³-hybridized carbons (Fsp3) is 0.500. The van der Waals surface area contributed by atoms with Gasteiger partial charge in [-0.1, -0.05) is 0 Å². The number of benzene rings is 1. The second kappa shape index (κ2) is 7.34. The molecule has 2 aromatic rings. The summed E-state index contributed by atoms with van der Waals surface area (Å²) >= 11 is 0. The Morgan fingerprint density at radius 3 is 3.07 bits per heavy atom. The van der Waals surface area contributed by atoms with Crippen LogP contribution in [0.3, 0.4) is 0 Å². The first-order valence-corrected chi connectivity index (χ1v) is 9.11. The average molecular weight is 374 g/mol. The summed E-state index contributed by atoms with van der Waals surface area (Å²) in [5.74, 6) is 2.54. The lowest BCUT2D eigenvalue weighted by Gasteiger charge is -2.32. The van der Waals surface area contributed by atoms with Gasteiger partial charge < -0.3 is 19.1 Å². The molecule has 2 aliphatic heterocycles. The zero-order valence-electron chi connectivity index (χ0n) is 15.1. The van der Waals surface area contributed by atoms with Crippen LogP contribution in [0.5, 0.6) is 17.2 Å². The topological polar surface area (TPSA) is 98.7 Å². The number of amides is 1. The van der Waals surface area contributed by atoms with Crippen molar-refractivity contribution in [3.8, 4) is 17.2 Å². The number of aromatic amines is 1. The maximum absolute atomic E-state index is 12.6. The van der Waals surface area contributed by atoms with Gasteiger partial charge in [-0.05, 0) is 31.9 Å². The lowest BCUT2D eigenvalue weighted by atomic mass is 9.97. The number of rotatable bonds is 5. The zero-order chi connectivity index (χ0) is 18.8. The van der Waals surface area contributed by atoms with Crippen molar-refractivity contribution >= 4 is 5.91 Å². The van der Waals surface area contributed by atoms with Gasteiger partial charge >= 0.3 is 5.69 Å². The molecule has 3 heterocycles. The monoisotopic (exact) mass is 374 g/mol. The highest BCUT2D eigenvalue weighted by atomic mass is 16.7. The minimum atomic E-state index is -0.206. The van der Waals surface area contributed by atoms with Crippen LogP contribution in [0.15, 0.2) is 23.0 Å². The summed E-state index contributed by atoms with van der Waals surface area (Å²) in [6.45, 7) is 3.83. The highest BCUT2D eigenvalue weighted by Gasteiger charge is 2.28. The van der Waals surface area contributed by atoms with Crippen molar-refractivity contribution in [2.45, 2.75) is 32.2 Å². The third-order valence-electron chi connectivity index (χ3n) is 4.95. The Balaban J connectivity index is 1.38. The van der Waals surface area contributed by atoms with Crippen LogP contribution in [0, 0.1) is 0 Å². The standard InChI is InChI=1S/C18H22N4O5/c1-2-22-17(19-20-18(22)24)12-4-3-7-21(9-12)16(23)10-25-13-5-6-14-15(8-13)27-11-26-14/h5-6,8,12H,2-4,7,9-11H2,1H3,(H,20,24)/t12-/m1/s1. The summed E-state index contributed by atoms with van der Waals surface area (Å²) in [5.41, 5.74) is -0.206. The number of carbonyl (C=O) groups is 1. The Morgan fingerprint density at radius 1 is 1.37 bits per heavy atom. The molecule has 1 aromatic heterocycles. The van der Waals surface area contributed by atoms with Gasteiger partial charge in [0.1, 0.15) is 11.6 Å². The summed E-state index contributed by atoms with van der Waals surface area (Å²) in [6.07, 6.45) is 1.77. The first-order valence-electron chi connectivity index (χ1n) is 9.11. The van der Waals surface area contributed by atoms with E-state index in [4.69, 9.17) is 14.2 Å². The van der Waals surface area contributed by atoms with Crippen LogP contribution in [0.4, 0.5) is 0 Å². The van der Waals surface area contributed by atoms with Crippen LogP contribution in [-0.2, 0) is 11.3 Å². The van der Waals surface area contributed by atoms with Gasteiger partial charge in [0.05, 0.1) is 0 Å². The number of hydrogen-bond donors (Lipinski definition) is 1. The molecule has 1 saturated heterocycles. The second-order valence-electron chi connectivity index (χ2n) is 6.61. The molecule has 1 amide bonds. The molecule has 0 spiro atoms. The van der Waals surface area contributed by atoms with Crippen LogP contribution < -0.4 is 19.9 Å². The Labute approximate surface area is 155 Å². The smallest absolute Gasteiger partial charge is 0.343 e. The average Bonchev–Trinajstić information content (AvgIpc) is 3.31. The van der Waals surface area contributed by atoms with Crippen molar-refractivity contribution in [3.63, 3.8) is 0 Å². The van der Waals surface area contributed by atoms with Crippen molar-refractivity contribution in [2.75, 3.05) is 26.5 Å². The van der Waals surface area contributed by atoms with Crippen LogP contribution in [0.25, 0.3) is 0 Å². The lowest BCUT2D eigenvalue weighted by molar-refractivity contribution is -0.134. The van der Waals surface area contributed by atoms with Gasteiger partial charge in [-0.15, -0.1) is 0 Å². The summed E-state index contributed by atoms with van der Waals surface area (Å²) in [4.78, 5) is 26.2. The maximum Gasteiger partial charge on any atom is 0.343 e. The fourth-order valence-corrected chi connectivity index (χ4v) is 3.56. The molecule has 27 heavy (non-hydrogen) atoms. The molecular formula is C18H22N4O5. The summed E-state index contributed by atoms with van der Waals surface area (Å²) in [5, 5.41) is 6.67. The molecule has 9 heteroatoms. The van der Waals surface area contributed by atoms with E-state index in [1.54, 1.807) is 27.7 Å². The predicted molar refractivity (Wildman–Crippen MR) is 95.1 cm³/mol. The first-order chi connectivity index (χ1) is 13.2. The van der Waals surface area contributed by atoms with E-state index >= 15 is 0 Å². The number of fused-ring (bicyclic) bond motifs is 1. The highest BCUT2D eigenvalue weighted by molar-refractivity contribution is 5.78. The molecule has 0 bridgehead atoms. The van der Waals surface area contributed by atoms with E-state index in [2.05, 4.69) is 10.2 Å². The van der Waals surface area contributed by atoms with E-state index < -0.39 is 0 Å². The van der Waals surface area contributed by atoms with Crippen molar-refractivity contribution in [1.29, 1.82) is 0 Å². The van der Waals surface area contributed by atoms with Gasteiger partial charge in [0, 0.05) is 31.6 Å². The SMILES string of the molecule is CCn1c([C@@H]2CCCN(C(=O)COc3ccc4c(c3)OCO4)C2)n[nH]c1=O. The van der Waals surface area contributed by atoms with E-state index in [-0.39, 0.29) is 30.9 Å². The molecule has 1 fully saturated rings. The number of nitrogens with zero attached hydrogens (tertiary/aromatic N) is 3. The Kier molecular flexibility index (Phi) is 4.74. The van der Waals surface area contributed by atoms with Gasteiger partial charge in [0.25, 0.3) is 5.91 Å². The zero-order valence-corrected chi connectivity index (χ0v) is 15.1. The predicted octanol–water partition coefficient (Wildman–Crippen LogP) is 1.10. The molecule has 1 atom stereocenters. The number of carbonyl (C=O) groups excluding carboxylic acids is 1. The second-order valence-corrected chi connectivity index (χ2v) is 6.61. The molecule has 4 rings (SSSR count). The van der Waals surface area contributed by atoms with Gasteiger partial charge in [-0.3, -0.25) is 9.36 Å². The Morgan fingerprint density at radius 2 is 2.22 bits per heavy atom. The first kappa shape index (κ1) is 17.4. The van der Waals surface area contributed by atoms with E-state index in [1.807, 2.05) is 6.92 Å². The van der Waals surface area contributed by atoms with Crippen molar-refractivity contribution in [2.24, 2.45) is 0 Å². The number of ether oxygens (including phenoxy) is 3. The van der Waals surface area contributed by atoms with E-state index in [0.29, 0.717) is 36.9 Å². The highest BCUT2D eigenvalue weighted by Crippen LogP contribution is 2.35. The molecule has 0 unspecified atom stereocenters. The Hall–Kier alpha value is -2.97. The summed E-state index contributed by atoms with van der Waals surface area (Å²) in [6, 6.07) is 5.24. The molecular weight excluding hydrogens is 352 g/mol. The maximum atomic E-state index is 12.6. The molecule has 0 saturated carbocycles. The molecule has 144 valence electrons. The summed E-state index contributed by atoms with van der Waals surface area (Å²) in [7, 11) is 0. The number of nitrogens with one attached hydrogen (secondary N) is 1. The largest absolute Gasteiger partial charge is 0.484 e. The van der Waals surface area contributed by atoms with Gasteiger partial charge in [-0.2, -0.15) is 5.10 Å². The molecule has 2 aliphatic rings. The Bertz CT molecular complexity index is 890. The number of hydrogen-bond acceptors (Lipinski definition) is 6. The lowest BCUT2D eigenvalue weighted by Crippen LogP contribution is -2.42. The number of aromatic nitrogens is 3. The van der Waals surface area contributed by atoms with Crippen LogP contribution >= 0.6 is 0 Å². The van der Waals surface area contributed by atoms with Gasteiger partial charge in [-0.25, -0.2) is 9.89 Å². The van der Waals surface area contributed by atoms with Gasteiger partial charge in [0.2, 0.25) is 6.79 Å². The van der Waals surface area contributed by atoms with Crippen LogP contribution in [-0.4, -0.2) is 52.1 Å². The molecule has 1 N–H and O–H groups in total. The fourth-order valence-electron chi connectivity index (χ4n) is 3.56. The van der Waals surface area contributed by atoms with E-state index in [0.717, 1.165) is 18.7 Å². The number of likely N-dealkylation sites (tertiary alicyclic amines) is 1. The number of piperidine rings is 1. The minimum absolute atomic E-state index is 0.0481. The normalized spacial score (nSPS) is 18.6. The van der Waals surface area contributed by atoms with Crippen molar-refractivity contribution in [3.05, 3.63) is 34.5 Å². The summed E-state index contributed by atoms with van der Waals surface area (Å²) < 4.78 is 17.8. The van der Waals surface area contributed by atoms with E-state index in [1.165, 1.54) is 0 Å². The minimum Gasteiger partial charge on any atom is -0.484 e. The third kappa shape index (κ3) is 3.49. The van der Waals surface area contributed by atoms with Gasteiger partial charge in [0.15, 0.2) is 18.1 Å². The van der Waals surface area contributed by atoms with Crippen molar-refractivity contribution < 1.29 is 19.0 Å². The quantitative estimate of drug-likeness (QED) is 0.842. The molecule has 0 radical (unpaired) electrons. The molecule has 0 aliphatic carbocycles. The van der Waals surface area contributed by atoms with E-state index in [9.17, 15) is 9.59 Å². The van der Waals surface area contributed by atoms with Crippen molar-refractivity contribution in [1.82, 2.24) is 19.7 Å².